The van der Waals surface area contributed by atoms with Gasteiger partial charge in [-0.25, -0.2) is 4.79 Å². The average Bonchev–Trinajstić information content (AvgIpc) is 3.39. The Bertz CT molecular complexity index is 679. The molecule has 0 heterocycles. The normalized spacial score (nSPS) is 12.8. The van der Waals surface area contributed by atoms with Crippen LogP contribution in [0.3, 0.4) is 0 Å². The number of thioether (sulfide) groups is 1. The van der Waals surface area contributed by atoms with E-state index < -0.39 is 24.5 Å². The summed E-state index contributed by atoms with van der Waals surface area (Å²) in [5.41, 5.74) is 0.601. The zero-order valence-corrected chi connectivity index (χ0v) is 15.3. The minimum absolute atomic E-state index is 0.0493. The molecule has 0 aliphatic heterocycles. The number of hydrogen-bond donors (Lipinski definition) is 3. The van der Waals surface area contributed by atoms with Crippen molar-refractivity contribution >= 4 is 52.9 Å². The molecule has 2 rings (SSSR count). The summed E-state index contributed by atoms with van der Waals surface area (Å²) in [6.07, 6.45) is 1.80. The second-order valence-corrected chi connectivity index (χ2v) is 6.93. The van der Waals surface area contributed by atoms with Crippen LogP contribution in [0.25, 0.3) is 0 Å². The summed E-state index contributed by atoms with van der Waals surface area (Å²) in [6, 6.07) is 6.16. The number of urea groups is 1. The molecule has 1 aromatic rings. The highest BCUT2D eigenvalue weighted by atomic mass is 35.5. The van der Waals surface area contributed by atoms with Crippen molar-refractivity contribution in [3.63, 3.8) is 0 Å². The number of esters is 1. The minimum Gasteiger partial charge on any atom is -0.455 e. The Balaban J connectivity index is 1.54. The number of halogens is 1. The summed E-state index contributed by atoms with van der Waals surface area (Å²) in [5.74, 6) is -1.67. The molecule has 0 spiro atoms. The molecule has 0 aromatic heterocycles. The van der Waals surface area contributed by atoms with Crippen LogP contribution in [-0.4, -0.2) is 48.0 Å². The second kappa shape index (κ2) is 10.0. The molecule has 1 aromatic carbocycles. The summed E-state index contributed by atoms with van der Waals surface area (Å²) < 4.78 is 4.74. The Kier molecular flexibility index (Phi) is 7.73. The number of carbonyl (C=O) groups excluding carboxylic acids is 4. The summed E-state index contributed by atoms with van der Waals surface area (Å²) in [7, 11) is 0. The van der Waals surface area contributed by atoms with Crippen LogP contribution in [0.4, 0.5) is 10.5 Å². The first-order chi connectivity index (χ1) is 12.4. The highest BCUT2D eigenvalue weighted by molar-refractivity contribution is 8.00. The first-order valence-corrected chi connectivity index (χ1v) is 9.35. The van der Waals surface area contributed by atoms with Gasteiger partial charge in [0.1, 0.15) is 0 Å². The van der Waals surface area contributed by atoms with Crippen LogP contribution in [0.1, 0.15) is 12.8 Å². The van der Waals surface area contributed by atoms with Gasteiger partial charge in [-0.15, -0.1) is 11.8 Å². The molecule has 0 radical (unpaired) electrons. The molecule has 8 nitrogen and oxygen atoms in total. The fourth-order valence-electron chi connectivity index (χ4n) is 1.76. The summed E-state index contributed by atoms with van der Waals surface area (Å²) in [5, 5.41) is 7.86. The van der Waals surface area contributed by atoms with Gasteiger partial charge in [0.15, 0.2) is 6.61 Å². The maximum atomic E-state index is 11.7. The molecule has 10 heteroatoms. The van der Waals surface area contributed by atoms with Crippen LogP contribution in [0.2, 0.25) is 5.02 Å². The Labute approximate surface area is 159 Å². The lowest BCUT2D eigenvalue weighted by atomic mass is 10.3. The van der Waals surface area contributed by atoms with E-state index in [1.807, 2.05) is 0 Å². The molecule has 0 unspecified atom stereocenters. The molecule has 1 fully saturated rings. The predicted octanol–water partition coefficient (Wildman–Crippen LogP) is 1.54. The van der Waals surface area contributed by atoms with Gasteiger partial charge in [0.25, 0.3) is 5.91 Å². The van der Waals surface area contributed by atoms with Crippen molar-refractivity contribution in [2.24, 2.45) is 0 Å². The third-order valence-corrected chi connectivity index (χ3v) is 4.27. The van der Waals surface area contributed by atoms with Gasteiger partial charge in [-0.05, 0) is 37.1 Å². The van der Waals surface area contributed by atoms with Crippen LogP contribution >= 0.6 is 23.4 Å². The maximum Gasteiger partial charge on any atom is 0.321 e. The lowest BCUT2D eigenvalue weighted by Crippen LogP contribution is -2.42. The molecule has 26 heavy (non-hydrogen) atoms. The number of ether oxygens (including phenoxy) is 1. The van der Waals surface area contributed by atoms with E-state index in [4.69, 9.17) is 16.3 Å². The van der Waals surface area contributed by atoms with Crippen LogP contribution in [-0.2, 0) is 19.1 Å². The van der Waals surface area contributed by atoms with Gasteiger partial charge >= 0.3 is 12.0 Å². The van der Waals surface area contributed by atoms with Crippen molar-refractivity contribution in [2.45, 2.75) is 18.9 Å². The number of nitrogens with one attached hydrogen (secondary N) is 3. The Hall–Kier alpha value is -2.26. The Morgan fingerprint density at radius 3 is 2.42 bits per heavy atom. The SMILES string of the molecule is O=C(COC(=O)CSCC(=O)Nc1ccc(Cl)cc1)NC(=O)NC1CC1. The van der Waals surface area contributed by atoms with Crippen molar-refractivity contribution in [3.8, 4) is 0 Å². The first kappa shape index (κ1) is 20.1. The number of anilines is 1. The number of benzene rings is 1. The molecule has 0 atom stereocenters. The van der Waals surface area contributed by atoms with Gasteiger partial charge in [-0.1, -0.05) is 11.6 Å². The number of rotatable bonds is 8. The van der Waals surface area contributed by atoms with Gasteiger partial charge in [-0.2, -0.15) is 0 Å². The van der Waals surface area contributed by atoms with Gasteiger partial charge in [0.2, 0.25) is 5.91 Å². The molecule has 0 saturated heterocycles. The third kappa shape index (κ3) is 8.21. The van der Waals surface area contributed by atoms with Crippen molar-refractivity contribution in [3.05, 3.63) is 29.3 Å². The summed E-state index contributed by atoms with van der Waals surface area (Å²) in [6.45, 7) is -0.547. The number of carbonyl (C=O) groups is 4. The van der Waals surface area contributed by atoms with Crippen LogP contribution in [0.5, 0.6) is 0 Å². The van der Waals surface area contributed by atoms with Gasteiger partial charge in [-0.3, -0.25) is 19.7 Å². The number of imide groups is 1. The average molecular weight is 400 g/mol. The van der Waals surface area contributed by atoms with E-state index in [1.165, 1.54) is 0 Å². The van der Waals surface area contributed by atoms with Crippen molar-refractivity contribution in [1.82, 2.24) is 10.6 Å². The molecule has 3 N–H and O–H groups in total. The van der Waals surface area contributed by atoms with E-state index in [-0.39, 0.29) is 23.5 Å². The highest BCUT2D eigenvalue weighted by Gasteiger charge is 2.24. The zero-order valence-electron chi connectivity index (χ0n) is 13.7. The van der Waals surface area contributed by atoms with Crippen LogP contribution in [0.15, 0.2) is 24.3 Å². The molecule has 1 aliphatic carbocycles. The third-order valence-electron chi connectivity index (χ3n) is 3.11. The number of amides is 4. The monoisotopic (exact) mass is 399 g/mol. The van der Waals surface area contributed by atoms with E-state index in [2.05, 4.69) is 16.0 Å². The highest BCUT2D eigenvalue weighted by Crippen LogP contribution is 2.18. The first-order valence-electron chi connectivity index (χ1n) is 7.81. The van der Waals surface area contributed by atoms with Crippen molar-refractivity contribution < 1.29 is 23.9 Å². The summed E-state index contributed by atoms with van der Waals surface area (Å²) >= 11 is 6.80. The van der Waals surface area contributed by atoms with E-state index in [9.17, 15) is 19.2 Å². The second-order valence-electron chi connectivity index (χ2n) is 5.50. The largest absolute Gasteiger partial charge is 0.455 e. The Morgan fingerprint density at radius 1 is 1.08 bits per heavy atom. The molecule has 4 amide bonds. The van der Waals surface area contributed by atoms with Crippen molar-refractivity contribution in [1.29, 1.82) is 0 Å². The molecule has 1 aliphatic rings. The minimum atomic E-state index is -0.706. The molecular weight excluding hydrogens is 382 g/mol. The van der Waals surface area contributed by atoms with E-state index in [0.29, 0.717) is 10.7 Å². The van der Waals surface area contributed by atoms with Crippen LogP contribution < -0.4 is 16.0 Å². The topological polar surface area (TPSA) is 114 Å². The fourth-order valence-corrected chi connectivity index (χ4v) is 2.49. The van der Waals surface area contributed by atoms with Gasteiger partial charge in [0, 0.05) is 16.8 Å². The Morgan fingerprint density at radius 2 is 1.77 bits per heavy atom. The molecular formula is C16H18ClN3O5S. The predicted molar refractivity (Wildman–Crippen MR) is 98.1 cm³/mol. The standard InChI is InChI=1S/C16H18ClN3O5S/c17-10-1-3-11(4-2-10)18-14(22)8-26-9-15(23)25-7-13(21)20-16(24)19-12-5-6-12/h1-4,12H,5-9H2,(H,18,22)(H2,19,20,21,24). The van der Waals surface area contributed by atoms with Crippen LogP contribution in [0, 0.1) is 0 Å². The van der Waals surface area contributed by atoms with Gasteiger partial charge < -0.3 is 15.4 Å². The number of hydrogen-bond acceptors (Lipinski definition) is 6. The van der Waals surface area contributed by atoms with E-state index >= 15 is 0 Å². The van der Waals surface area contributed by atoms with Gasteiger partial charge in [0.05, 0.1) is 11.5 Å². The fraction of sp³-hybridized carbons (Fsp3) is 0.375. The van der Waals surface area contributed by atoms with E-state index in [1.54, 1.807) is 24.3 Å². The smallest absolute Gasteiger partial charge is 0.321 e. The van der Waals surface area contributed by atoms with E-state index in [0.717, 1.165) is 24.6 Å². The summed E-state index contributed by atoms with van der Waals surface area (Å²) in [4.78, 5) is 46.0. The molecule has 0 bridgehead atoms. The zero-order chi connectivity index (χ0) is 18.9. The van der Waals surface area contributed by atoms with Crippen molar-refractivity contribution in [2.75, 3.05) is 23.4 Å². The maximum absolute atomic E-state index is 11.7. The lowest BCUT2D eigenvalue weighted by molar-refractivity contribution is -0.145. The molecule has 1 saturated carbocycles. The lowest BCUT2D eigenvalue weighted by Gasteiger charge is -2.07. The molecule has 140 valence electrons. The quantitative estimate of drug-likeness (QED) is 0.571.